The summed E-state index contributed by atoms with van der Waals surface area (Å²) < 4.78 is 0. The van der Waals surface area contributed by atoms with Gasteiger partial charge < -0.3 is 0 Å². The zero-order chi connectivity index (χ0) is 17.4. The highest BCUT2D eigenvalue weighted by molar-refractivity contribution is 5.87. The van der Waals surface area contributed by atoms with Gasteiger partial charge in [0.2, 0.25) is 0 Å². The van der Waals surface area contributed by atoms with Crippen molar-refractivity contribution in [3.05, 3.63) is 47.0 Å². The van der Waals surface area contributed by atoms with Crippen LogP contribution in [0.1, 0.15) is 78.5 Å². The molecule has 0 saturated heterocycles. The molecule has 0 unspecified atom stereocenters. The minimum absolute atomic E-state index is 0.198. The zero-order valence-corrected chi connectivity index (χ0v) is 16.4. The Morgan fingerprint density at radius 1 is 0.783 bits per heavy atom. The van der Waals surface area contributed by atoms with Crippen molar-refractivity contribution in [2.24, 2.45) is 5.92 Å². The van der Waals surface area contributed by atoms with Gasteiger partial charge in [-0.1, -0.05) is 85.7 Å². The first-order valence-electron chi connectivity index (χ1n) is 9.06. The smallest absolute Gasteiger partial charge is 0.0132 e. The molecule has 0 N–H and O–H groups in total. The third-order valence-electron chi connectivity index (χ3n) is 4.76. The lowest BCUT2D eigenvalue weighted by Crippen LogP contribution is -2.13. The number of aryl methyl sites for hydroxylation is 1. The third-order valence-corrected chi connectivity index (χ3v) is 4.76. The highest BCUT2D eigenvalue weighted by atomic mass is 14.2. The van der Waals surface area contributed by atoms with Crippen LogP contribution in [0.25, 0.3) is 10.8 Å². The van der Waals surface area contributed by atoms with E-state index in [0.717, 1.165) is 5.92 Å². The maximum Gasteiger partial charge on any atom is -0.0132 e. The van der Waals surface area contributed by atoms with E-state index in [-0.39, 0.29) is 10.8 Å². The Hall–Kier alpha value is -1.30. The highest BCUT2D eigenvalue weighted by Crippen LogP contribution is 2.33. The van der Waals surface area contributed by atoms with Crippen LogP contribution < -0.4 is 0 Å². The molecular formula is C23H34. The van der Waals surface area contributed by atoms with Crippen LogP contribution in [0.4, 0.5) is 0 Å². The van der Waals surface area contributed by atoms with Crippen LogP contribution in [0.3, 0.4) is 0 Å². The first-order valence-corrected chi connectivity index (χ1v) is 9.06. The molecule has 0 saturated carbocycles. The maximum absolute atomic E-state index is 2.46. The summed E-state index contributed by atoms with van der Waals surface area (Å²) in [6.07, 6.45) is 2.42. The highest BCUT2D eigenvalue weighted by Gasteiger charge is 2.18. The summed E-state index contributed by atoms with van der Waals surface area (Å²) in [6, 6.07) is 11.9. The monoisotopic (exact) mass is 310 g/mol. The van der Waals surface area contributed by atoms with Crippen molar-refractivity contribution < 1.29 is 0 Å². The van der Waals surface area contributed by atoms with Crippen LogP contribution in [-0.2, 0) is 17.3 Å². The van der Waals surface area contributed by atoms with E-state index in [1.165, 1.54) is 40.3 Å². The molecule has 0 aromatic heterocycles. The summed E-state index contributed by atoms with van der Waals surface area (Å²) >= 11 is 0. The molecule has 0 radical (unpaired) electrons. The Labute approximate surface area is 143 Å². The second kappa shape index (κ2) is 6.30. The van der Waals surface area contributed by atoms with E-state index in [9.17, 15) is 0 Å². The standard InChI is InChI=1S/C23H34/c1-16(2)9-10-17-13-20(23(6,7)8)14-18-11-12-19(15-21(17)18)22(3,4)5/h11-16H,9-10H2,1-8H3. The van der Waals surface area contributed by atoms with Crippen molar-refractivity contribution in [1.82, 2.24) is 0 Å². The number of rotatable bonds is 3. The van der Waals surface area contributed by atoms with E-state index in [1.807, 2.05) is 0 Å². The second-order valence-corrected chi connectivity index (χ2v) is 9.50. The molecule has 126 valence electrons. The molecule has 0 aliphatic carbocycles. The number of benzene rings is 2. The van der Waals surface area contributed by atoms with E-state index in [0.29, 0.717) is 0 Å². The van der Waals surface area contributed by atoms with Crippen molar-refractivity contribution in [2.45, 2.75) is 79.1 Å². The Kier molecular flexibility index (Phi) is 4.95. The molecule has 2 aromatic rings. The summed E-state index contributed by atoms with van der Waals surface area (Å²) in [4.78, 5) is 0. The van der Waals surface area contributed by atoms with Gasteiger partial charge in [0.15, 0.2) is 0 Å². The molecule has 0 aliphatic heterocycles. The molecular weight excluding hydrogens is 276 g/mol. The first-order chi connectivity index (χ1) is 10.5. The second-order valence-electron chi connectivity index (χ2n) is 9.50. The first kappa shape index (κ1) is 18.0. The molecule has 2 aromatic carbocycles. The van der Waals surface area contributed by atoms with Gasteiger partial charge in [-0.05, 0) is 57.1 Å². The van der Waals surface area contributed by atoms with E-state index >= 15 is 0 Å². The maximum atomic E-state index is 2.46. The Morgan fingerprint density at radius 2 is 1.39 bits per heavy atom. The number of hydrogen-bond donors (Lipinski definition) is 0. The minimum Gasteiger partial charge on any atom is -0.0628 e. The Morgan fingerprint density at radius 3 is 1.91 bits per heavy atom. The quantitative estimate of drug-likeness (QED) is 0.571. The van der Waals surface area contributed by atoms with Gasteiger partial charge in [-0.3, -0.25) is 0 Å². The lowest BCUT2D eigenvalue weighted by molar-refractivity contribution is 0.578. The molecule has 2 rings (SSSR count). The summed E-state index contributed by atoms with van der Waals surface area (Å²) in [5.41, 5.74) is 4.80. The van der Waals surface area contributed by atoms with Gasteiger partial charge in [0.1, 0.15) is 0 Å². The van der Waals surface area contributed by atoms with Crippen molar-refractivity contribution >= 4 is 10.8 Å². The predicted octanol–water partition coefficient (Wildman–Crippen LogP) is 7.02. The average Bonchev–Trinajstić information content (AvgIpc) is 2.41. The van der Waals surface area contributed by atoms with Crippen LogP contribution >= 0.6 is 0 Å². The summed E-state index contributed by atoms with van der Waals surface area (Å²) in [5, 5.41) is 2.84. The van der Waals surface area contributed by atoms with Crippen molar-refractivity contribution in [3.8, 4) is 0 Å². The molecule has 0 nitrogen and oxygen atoms in total. The fourth-order valence-corrected chi connectivity index (χ4v) is 2.99. The van der Waals surface area contributed by atoms with Crippen LogP contribution in [0, 0.1) is 5.92 Å². The molecule has 0 amide bonds. The van der Waals surface area contributed by atoms with Gasteiger partial charge in [0, 0.05) is 0 Å². The van der Waals surface area contributed by atoms with Gasteiger partial charge in [0.25, 0.3) is 0 Å². The van der Waals surface area contributed by atoms with Gasteiger partial charge in [-0.25, -0.2) is 0 Å². The average molecular weight is 311 g/mol. The van der Waals surface area contributed by atoms with Crippen molar-refractivity contribution in [3.63, 3.8) is 0 Å². The predicted molar refractivity (Wildman–Crippen MR) is 105 cm³/mol. The molecule has 0 aliphatic rings. The fourth-order valence-electron chi connectivity index (χ4n) is 2.99. The van der Waals surface area contributed by atoms with Gasteiger partial charge >= 0.3 is 0 Å². The molecule has 0 heterocycles. The summed E-state index contributed by atoms with van der Waals surface area (Å²) in [5.74, 6) is 0.745. The van der Waals surface area contributed by atoms with E-state index in [4.69, 9.17) is 0 Å². The van der Waals surface area contributed by atoms with Gasteiger partial charge in [-0.2, -0.15) is 0 Å². The number of hydrogen-bond acceptors (Lipinski definition) is 0. The van der Waals surface area contributed by atoms with Crippen LogP contribution in [0.2, 0.25) is 0 Å². The van der Waals surface area contributed by atoms with Crippen molar-refractivity contribution in [1.29, 1.82) is 0 Å². The molecule has 0 atom stereocenters. The summed E-state index contributed by atoms with van der Waals surface area (Å²) in [7, 11) is 0. The molecule has 23 heavy (non-hydrogen) atoms. The van der Waals surface area contributed by atoms with Crippen LogP contribution in [-0.4, -0.2) is 0 Å². The normalized spacial score (nSPS) is 13.1. The SMILES string of the molecule is CC(C)CCc1cc(C(C)(C)C)cc2ccc(C(C)(C)C)cc12. The van der Waals surface area contributed by atoms with Gasteiger partial charge in [-0.15, -0.1) is 0 Å². The van der Waals surface area contributed by atoms with Crippen LogP contribution in [0.5, 0.6) is 0 Å². The Balaban J connectivity index is 2.63. The van der Waals surface area contributed by atoms with E-state index < -0.39 is 0 Å². The lowest BCUT2D eigenvalue weighted by Gasteiger charge is -2.24. The largest absolute Gasteiger partial charge is 0.0628 e. The zero-order valence-electron chi connectivity index (χ0n) is 16.4. The molecule has 0 bridgehead atoms. The molecule has 0 fully saturated rings. The van der Waals surface area contributed by atoms with Gasteiger partial charge in [0.05, 0.1) is 0 Å². The van der Waals surface area contributed by atoms with Crippen LogP contribution in [0.15, 0.2) is 30.3 Å². The molecule has 0 heteroatoms. The van der Waals surface area contributed by atoms with E-state index in [2.05, 4.69) is 85.7 Å². The minimum atomic E-state index is 0.198. The third kappa shape index (κ3) is 4.37. The fraction of sp³-hybridized carbons (Fsp3) is 0.565. The topological polar surface area (TPSA) is 0 Å². The molecule has 0 spiro atoms. The van der Waals surface area contributed by atoms with Crippen molar-refractivity contribution in [2.75, 3.05) is 0 Å². The number of fused-ring (bicyclic) bond motifs is 1. The van der Waals surface area contributed by atoms with E-state index in [1.54, 1.807) is 0 Å². The summed E-state index contributed by atoms with van der Waals surface area (Å²) in [6.45, 7) is 18.5. The lowest BCUT2D eigenvalue weighted by atomic mass is 9.81. The Bertz CT molecular complexity index is 675.